The van der Waals surface area contributed by atoms with Crippen molar-refractivity contribution < 1.29 is 0 Å². The van der Waals surface area contributed by atoms with Crippen molar-refractivity contribution in [1.82, 2.24) is 0 Å². The molecule has 0 aromatic heterocycles. The monoisotopic (exact) mass is 467 g/mol. The third-order valence-electron chi connectivity index (χ3n) is 7.10. The van der Waals surface area contributed by atoms with E-state index in [1.165, 1.54) is 38.0 Å². The highest BCUT2D eigenvalue weighted by Gasteiger charge is 2.12. The molecule has 0 amide bonds. The number of rotatable bonds is 7. The molecule has 6 aromatic carbocycles. The minimum Gasteiger partial charge on any atom is -0.372 e. The van der Waals surface area contributed by atoms with Gasteiger partial charge in [-0.2, -0.15) is 5.10 Å². The van der Waals surface area contributed by atoms with Crippen LogP contribution >= 0.6 is 0 Å². The predicted octanol–water partition coefficient (Wildman–Crippen LogP) is 8.60. The maximum atomic E-state index is 5.03. The molecule has 176 valence electrons. The number of anilines is 3. The maximum absolute atomic E-state index is 5.03. The Balaban J connectivity index is 1.45. The van der Waals surface area contributed by atoms with E-state index in [2.05, 4.69) is 122 Å². The average molecular weight is 468 g/mol. The van der Waals surface area contributed by atoms with Gasteiger partial charge >= 0.3 is 0 Å². The van der Waals surface area contributed by atoms with E-state index in [1.54, 1.807) is 0 Å². The van der Waals surface area contributed by atoms with Crippen molar-refractivity contribution in [3.8, 4) is 0 Å². The highest BCUT2D eigenvalue weighted by Crippen LogP contribution is 2.36. The van der Waals surface area contributed by atoms with Crippen LogP contribution in [0.15, 0.2) is 114 Å². The van der Waals surface area contributed by atoms with Crippen LogP contribution in [0.1, 0.15) is 19.4 Å². The van der Waals surface area contributed by atoms with Crippen molar-refractivity contribution in [3.05, 3.63) is 115 Å². The summed E-state index contributed by atoms with van der Waals surface area (Å²) in [6.45, 7) is 6.36. The summed E-state index contributed by atoms with van der Waals surface area (Å²) in [6.07, 6.45) is 2.00. The first kappa shape index (κ1) is 22.1. The molecule has 0 saturated heterocycles. The first-order valence-electron chi connectivity index (χ1n) is 12.7. The fourth-order valence-corrected chi connectivity index (χ4v) is 5.24. The number of hydrogen-bond acceptors (Lipinski definition) is 3. The molecule has 0 N–H and O–H groups in total. The fourth-order valence-electron chi connectivity index (χ4n) is 5.24. The van der Waals surface area contributed by atoms with Crippen LogP contribution in [-0.2, 0) is 0 Å². The summed E-state index contributed by atoms with van der Waals surface area (Å²) in [7, 11) is 0. The zero-order valence-electron chi connectivity index (χ0n) is 20.7. The Morgan fingerprint density at radius 1 is 0.556 bits per heavy atom. The Kier molecular flexibility index (Phi) is 5.74. The summed E-state index contributed by atoms with van der Waals surface area (Å²) in [5.41, 5.74) is 4.40. The molecule has 0 aliphatic heterocycles. The van der Waals surface area contributed by atoms with Gasteiger partial charge in [0.15, 0.2) is 0 Å². The molecule has 0 aliphatic rings. The normalized spacial score (nSPS) is 11.7. The lowest BCUT2D eigenvalue weighted by Gasteiger charge is -2.23. The molecule has 6 aromatic rings. The third-order valence-corrected chi connectivity index (χ3v) is 7.10. The average Bonchev–Trinajstić information content (AvgIpc) is 2.94. The summed E-state index contributed by atoms with van der Waals surface area (Å²) >= 11 is 0. The summed E-state index contributed by atoms with van der Waals surface area (Å²) in [6, 6.07) is 38.8. The van der Waals surface area contributed by atoms with E-state index in [0.29, 0.717) is 0 Å². The molecule has 36 heavy (non-hydrogen) atoms. The van der Waals surface area contributed by atoms with E-state index in [0.717, 1.165) is 30.0 Å². The molecule has 0 saturated carbocycles. The molecule has 0 radical (unpaired) electrons. The van der Waals surface area contributed by atoms with Crippen LogP contribution in [0.5, 0.6) is 0 Å². The molecular formula is C33H29N3. The van der Waals surface area contributed by atoms with Crippen molar-refractivity contribution in [2.75, 3.05) is 23.0 Å². The summed E-state index contributed by atoms with van der Waals surface area (Å²) in [5, 5.41) is 14.7. The second-order valence-corrected chi connectivity index (χ2v) is 9.09. The van der Waals surface area contributed by atoms with Crippen molar-refractivity contribution in [1.29, 1.82) is 0 Å². The largest absolute Gasteiger partial charge is 0.372 e. The molecule has 0 heterocycles. The zero-order valence-corrected chi connectivity index (χ0v) is 20.7. The van der Waals surface area contributed by atoms with Gasteiger partial charge in [-0.05, 0) is 82.6 Å². The van der Waals surface area contributed by atoms with E-state index in [4.69, 9.17) is 5.10 Å². The Hall–Kier alpha value is -4.37. The second-order valence-electron chi connectivity index (χ2n) is 9.09. The number of benzene rings is 6. The van der Waals surface area contributed by atoms with Gasteiger partial charge in [0.05, 0.1) is 17.6 Å². The molecule has 3 nitrogen and oxygen atoms in total. The van der Waals surface area contributed by atoms with Gasteiger partial charge in [0.2, 0.25) is 0 Å². The third kappa shape index (κ3) is 3.83. The minimum absolute atomic E-state index is 0.991. The standard InChI is InChI=1S/C33H29N3/c1-3-35(4-2)28-18-20-30(21-19-28)36(29-11-6-5-7-12-29)34-23-27-16-15-26-14-13-24-9-8-10-25-17-22-31(27)33(26)32(24)25/h5-23H,3-4H2,1-2H3. The van der Waals surface area contributed by atoms with Crippen molar-refractivity contribution in [3.63, 3.8) is 0 Å². The van der Waals surface area contributed by atoms with Gasteiger partial charge < -0.3 is 4.90 Å². The summed E-state index contributed by atoms with van der Waals surface area (Å²) < 4.78 is 0. The topological polar surface area (TPSA) is 18.8 Å². The summed E-state index contributed by atoms with van der Waals surface area (Å²) in [4.78, 5) is 2.35. The van der Waals surface area contributed by atoms with Crippen LogP contribution in [0.2, 0.25) is 0 Å². The minimum atomic E-state index is 0.991. The number of para-hydroxylation sites is 1. The van der Waals surface area contributed by atoms with Gasteiger partial charge in [-0.1, -0.05) is 72.8 Å². The van der Waals surface area contributed by atoms with E-state index in [-0.39, 0.29) is 0 Å². The van der Waals surface area contributed by atoms with Gasteiger partial charge in [0, 0.05) is 24.3 Å². The highest BCUT2D eigenvalue weighted by atomic mass is 15.5. The second kappa shape index (κ2) is 9.35. The van der Waals surface area contributed by atoms with E-state index in [1.807, 2.05) is 17.3 Å². The van der Waals surface area contributed by atoms with Crippen LogP contribution in [0.4, 0.5) is 17.1 Å². The van der Waals surface area contributed by atoms with Crippen LogP contribution < -0.4 is 9.91 Å². The van der Waals surface area contributed by atoms with Gasteiger partial charge in [0.25, 0.3) is 0 Å². The lowest BCUT2D eigenvalue weighted by Crippen LogP contribution is -2.21. The molecule has 0 spiro atoms. The van der Waals surface area contributed by atoms with Crippen LogP contribution in [0.25, 0.3) is 32.3 Å². The van der Waals surface area contributed by atoms with E-state index < -0.39 is 0 Å². The lowest BCUT2D eigenvalue weighted by atomic mass is 9.92. The summed E-state index contributed by atoms with van der Waals surface area (Å²) in [5.74, 6) is 0. The number of nitrogens with zero attached hydrogens (tertiary/aromatic N) is 3. The zero-order chi connectivity index (χ0) is 24.5. The maximum Gasteiger partial charge on any atom is 0.0654 e. The number of hydrogen-bond donors (Lipinski definition) is 0. The SMILES string of the molecule is CCN(CC)c1ccc(N(N=Cc2ccc3ccc4cccc5ccc2c3c45)c2ccccc2)cc1. The fraction of sp³-hybridized carbons (Fsp3) is 0.121. The Morgan fingerprint density at radius 2 is 1.14 bits per heavy atom. The quantitative estimate of drug-likeness (QED) is 0.133. The van der Waals surface area contributed by atoms with E-state index >= 15 is 0 Å². The van der Waals surface area contributed by atoms with Gasteiger partial charge in [-0.15, -0.1) is 0 Å². The predicted molar refractivity (Wildman–Crippen MR) is 156 cm³/mol. The first-order chi connectivity index (χ1) is 17.8. The molecule has 3 heteroatoms. The molecule has 0 bridgehead atoms. The molecule has 0 fully saturated rings. The van der Waals surface area contributed by atoms with E-state index in [9.17, 15) is 0 Å². The van der Waals surface area contributed by atoms with Crippen LogP contribution in [0, 0.1) is 0 Å². The molecule has 0 aliphatic carbocycles. The number of hydrazone groups is 1. The van der Waals surface area contributed by atoms with Crippen molar-refractivity contribution in [2.45, 2.75) is 13.8 Å². The van der Waals surface area contributed by atoms with Gasteiger partial charge in [-0.25, -0.2) is 5.01 Å². The lowest BCUT2D eigenvalue weighted by molar-refractivity contribution is 0.866. The van der Waals surface area contributed by atoms with Gasteiger partial charge in [-0.3, -0.25) is 0 Å². The Morgan fingerprint density at radius 3 is 1.83 bits per heavy atom. The molecule has 0 unspecified atom stereocenters. The smallest absolute Gasteiger partial charge is 0.0654 e. The van der Waals surface area contributed by atoms with Crippen LogP contribution in [-0.4, -0.2) is 19.3 Å². The Labute approximate surface area is 212 Å². The Bertz CT molecular complexity index is 1630. The highest BCUT2D eigenvalue weighted by molar-refractivity contribution is 6.25. The van der Waals surface area contributed by atoms with Gasteiger partial charge in [0.1, 0.15) is 0 Å². The first-order valence-corrected chi connectivity index (χ1v) is 12.7. The van der Waals surface area contributed by atoms with Crippen molar-refractivity contribution >= 4 is 55.6 Å². The molecular weight excluding hydrogens is 438 g/mol. The molecule has 6 rings (SSSR count). The van der Waals surface area contributed by atoms with Crippen LogP contribution in [0.3, 0.4) is 0 Å². The van der Waals surface area contributed by atoms with Crippen molar-refractivity contribution in [2.24, 2.45) is 5.10 Å². The molecule has 0 atom stereocenters.